The van der Waals surface area contributed by atoms with Crippen LogP contribution in [0.3, 0.4) is 0 Å². The Balaban J connectivity index is 2.11. The molecule has 94 valence electrons. The molecule has 0 N–H and O–H groups in total. The highest BCUT2D eigenvalue weighted by Gasteiger charge is 2.28. The SMILES string of the molecule is CCOC(=O)c1c(-n2cnnn2)sc2c1CCC2. The largest absolute Gasteiger partial charge is 0.462 e. The van der Waals surface area contributed by atoms with Gasteiger partial charge in [0.05, 0.1) is 12.2 Å². The molecule has 0 aromatic carbocycles. The second kappa shape index (κ2) is 4.49. The molecule has 0 radical (unpaired) electrons. The molecule has 0 saturated heterocycles. The molecule has 0 fully saturated rings. The molecular formula is C11H12N4O2S. The first kappa shape index (κ1) is 11.3. The smallest absolute Gasteiger partial charge is 0.341 e. The molecule has 7 heteroatoms. The van der Waals surface area contributed by atoms with E-state index in [4.69, 9.17) is 4.74 Å². The number of carbonyl (C=O) groups excluding carboxylic acids is 1. The van der Waals surface area contributed by atoms with E-state index in [0.717, 1.165) is 29.8 Å². The molecule has 3 rings (SSSR count). The van der Waals surface area contributed by atoms with Crippen LogP contribution in [0, 0.1) is 0 Å². The van der Waals surface area contributed by atoms with Gasteiger partial charge in [-0.25, -0.2) is 4.79 Å². The van der Waals surface area contributed by atoms with E-state index < -0.39 is 0 Å². The Bertz CT molecular complexity index is 576. The molecule has 2 heterocycles. The molecule has 1 aliphatic carbocycles. The molecule has 0 saturated carbocycles. The van der Waals surface area contributed by atoms with Gasteiger partial charge in [0.25, 0.3) is 0 Å². The first-order valence-electron chi connectivity index (χ1n) is 5.86. The highest BCUT2D eigenvalue weighted by molar-refractivity contribution is 7.15. The summed E-state index contributed by atoms with van der Waals surface area (Å²) in [5.41, 5.74) is 1.76. The lowest BCUT2D eigenvalue weighted by molar-refractivity contribution is 0.0525. The predicted molar refractivity (Wildman–Crippen MR) is 65.0 cm³/mol. The van der Waals surface area contributed by atoms with Gasteiger partial charge in [0.2, 0.25) is 0 Å². The fourth-order valence-corrected chi connectivity index (χ4v) is 3.51. The Morgan fingerprint density at radius 1 is 1.56 bits per heavy atom. The molecule has 6 nitrogen and oxygen atoms in total. The number of tetrazole rings is 1. The highest BCUT2D eigenvalue weighted by Crippen LogP contribution is 2.37. The van der Waals surface area contributed by atoms with E-state index in [1.165, 1.54) is 15.9 Å². The summed E-state index contributed by atoms with van der Waals surface area (Å²) < 4.78 is 6.67. The fourth-order valence-electron chi connectivity index (χ4n) is 2.22. The molecule has 0 bridgehead atoms. The number of aromatic nitrogens is 4. The van der Waals surface area contributed by atoms with E-state index in [0.29, 0.717) is 12.2 Å². The quantitative estimate of drug-likeness (QED) is 0.783. The lowest BCUT2D eigenvalue weighted by Crippen LogP contribution is -2.10. The first-order valence-corrected chi connectivity index (χ1v) is 6.68. The van der Waals surface area contributed by atoms with E-state index in [1.807, 2.05) is 0 Å². The van der Waals surface area contributed by atoms with Crippen molar-refractivity contribution in [1.82, 2.24) is 20.2 Å². The molecule has 0 aliphatic heterocycles. The van der Waals surface area contributed by atoms with Crippen molar-refractivity contribution in [3.05, 3.63) is 22.3 Å². The van der Waals surface area contributed by atoms with Gasteiger partial charge in [-0.05, 0) is 42.2 Å². The number of ether oxygens (including phenoxy) is 1. The highest BCUT2D eigenvalue weighted by atomic mass is 32.1. The van der Waals surface area contributed by atoms with E-state index in [2.05, 4.69) is 15.5 Å². The molecule has 2 aromatic rings. The van der Waals surface area contributed by atoms with E-state index in [-0.39, 0.29) is 5.97 Å². The van der Waals surface area contributed by atoms with Gasteiger partial charge in [-0.1, -0.05) is 0 Å². The van der Waals surface area contributed by atoms with E-state index >= 15 is 0 Å². The number of hydrogen-bond donors (Lipinski definition) is 0. The van der Waals surface area contributed by atoms with Crippen LogP contribution in [-0.4, -0.2) is 32.8 Å². The topological polar surface area (TPSA) is 69.9 Å². The summed E-state index contributed by atoms with van der Waals surface area (Å²) in [4.78, 5) is 13.3. The van der Waals surface area contributed by atoms with E-state index in [9.17, 15) is 4.79 Å². The number of thiophene rings is 1. The fraction of sp³-hybridized carbons (Fsp3) is 0.455. The predicted octanol–water partition coefficient (Wildman–Crippen LogP) is 1.39. The lowest BCUT2D eigenvalue weighted by Gasteiger charge is -2.04. The molecular weight excluding hydrogens is 252 g/mol. The summed E-state index contributed by atoms with van der Waals surface area (Å²) in [7, 11) is 0. The lowest BCUT2D eigenvalue weighted by atomic mass is 10.1. The Morgan fingerprint density at radius 2 is 2.44 bits per heavy atom. The Kier molecular flexibility index (Phi) is 2.83. The minimum Gasteiger partial charge on any atom is -0.462 e. The molecule has 2 aromatic heterocycles. The molecule has 0 atom stereocenters. The second-order valence-electron chi connectivity index (χ2n) is 4.01. The minimum absolute atomic E-state index is 0.276. The third-order valence-electron chi connectivity index (χ3n) is 2.94. The van der Waals surface area contributed by atoms with Gasteiger partial charge in [0.15, 0.2) is 0 Å². The zero-order valence-electron chi connectivity index (χ0n) is 9.92. The van der Waals surface area contributed by atoms with Gasteiger partial charge in [-0.15, -0.1) is 16.4 Å². The van der Waals surface area contributed by atoms with Crippen LogP contribution in [0.4, 0.5) is 0 Å². The number of aryl methyl sites for hydroxylation is 1. The van der Waals surface area contributed by atoms with Gasteiger partial charge in [-0.2, -0.15) is 4.68 Å². The number of esters is 1. The van der Waals surface area contributed by atoms with Crippen LogP contribution in [0.2, 0.25) is 0 Å². The van der Waals surface area contributed by atoms with E-state index in [1.54, 1.807) is 18.3 Å². The van der Waals surface area contributed by atoms with Crippen LogP contribution >= 0.6 is 11.3 Å². The maximum atomic E-state index is 12.1. The van der Waals surface area contributed by atoms with Crippen molar-refractivity contribution in [1.29, 1.82) is 0 Å². The van der Waals surface area contributed by atoms with Crippen LogP contribution in [0.1, 0.15) is 34.1 Å². The maximum Gasteiger partial charge on any atom is 0.341 e. The summed E-state index contributed by atoms with van der Waals surface area (Å²) in [6.45, 7) is 2.18. The second-order valence-corrected chi connectivity index (χ2v) is 5.10. The minimum atomic E-state index is -0.276. The average molecular weight is 264 g/mol. The van der Waals surface area contributed by atoms with Crippen molar-refractivity contribution < 1.29 is 9.53 Å². The van der Waals surface area contributed by atoms with Crippen molar-refractivity contribution in [3.8, 4) is 5.00 Å². The van der Waals surface area contributed by atoms with Gasteiger partial charge in [-0.3, -0.25) is 0 Å². The zero-order valence-corrected chi connectivity index (χ0v) is 10.7. The Hall–Kier alpha value is -1.76. The Morgan fingerprint density at radius 3 is 3.17 bits per heavy atom. The van der Waals surface area contributed by atoms with Crippen LogP contribution < -0.4 is 0 Å². The molecule has 0 spiro atoms. The third-order valence-corrected chi connectivity index (χ3v) is 4.22. The number of hydrogen-bond acceptors (Lipinski definition) is 6. The van der Waals surface area contributed by atoms with Crippen molar-refractivity contribution in [2.24, 2.45) is 0 Å². The average Bonchev–Trinajstić information content (AvgIpc) is 3.04. The van der Waals surface area contributed by atoms with Crippen molar-refractivity contribution in [2.75, 3.05) is 6.61 Å². The molecule has 18 heavy (non-hydrogen) atoms. The number of rotatable bonds is 3. The summed E-state index contributed by atoms with van der Waals surface area (Å²) in [6.07, 6.45) is 4.56. The zero-order chi connectivity index (χ0) is 12.5. The van der Waals surface area contributed by atoms with Crippen molar-refractivity contribution in [3.63, 3.8) is 0 Å². The first-order chi connectivity index (χ1) is 8.81. The van der Waals surface area contributed by atoms with Crippen molar-refractivity contribution >= 4 is 17.3 Å². The van der Waals surface area contributed by atoms with Gasteiger partial charge >= 0.3 is 5.97 Å². The van der Waals surface area contributed by atoms with Crippen molar-refractivity contribution in [2.45, 2.75) is 26.2 Å². The summed E-state index contributed by atoms with van der Waals surface area (Å²) in [5, 5.41) is 11.9. The summed E-state index contributed by atoms with van der Waals surface area (Å²) in [5.74, 6) is -0.276. The normalized spacial score (nSPS) is 13.6. The maximum absolute atomic E-state index is 12.1. The monoisotopic (exact) mass is 264 g/mol. The van der Waals surface area contributed by atoms with Gasteiger partial charge in [0.1, 0.15) is 11.3 Å². The number of nitrogens with zero attached hydrogens (tertiary/aromatic N) is 4. The van der Waals surface area contributed by atoms with Crippen LogP contribution in [-0.2, 0) is 17.6 Å². The summed E-state index contributed by atoms with van der Waals surface area (Å²) in [6, 6.07) is 0. The standard InChI is InChI=1S/C11H12N4O2S/c1-2-17-11(16)9-7-4-3-5-8(7)18-10(9)15-6-12-13-14-15/h6H,2-5H2,1H3. The van der Waals surface area contributed by atoms with Gasteiger partial charge in [0, 0.05) is 4.88 Å². The number of fused-ring (bicyclic) bond motifs is 1. The summed E-state index contributed by atoms with van der Waals surface area (Å²) >= 11 is 1.58. The molecule has 0 unspecified atom stereocenters. The third kappa shape index (κ3) is 1.71. The Labute approximate surface area is 108 Å². The molecule has 1 aliphatic rings. The van der Waals surface area contributed by atoms with Gasteiger partial charge < -0.3 is 4.74 Å². The molecule has 0 amide bonds. The van der Waals surface area contributed by atoms with Crippen LogP contribution in [0.25, 0.3) is 5.00 Å². The van der Waals surface area contributed by atoms with Crippen LogP contribution in [0.5, 0.6) is 0 Å². The van der Waals surface area contributed by atoms with Crippen LogP contribution in [0.15, 0.2) is 6.33 Å². The number of carbonyl (C=O) groups is 1.